The SMILES string of the molecule is CN1CCN(N=Cc2ccc(-c3ccc([N+](=O)[O-])cc3)o2)CC1. The molecular weight excluding hydrogens is 296 g/mol. The van der Waals surface area contributed by atoms with Gasteiger partial charge in [-0.25, -0.2) is 0 Å². The molecule has 1 aromatic carbocycles. The molecular formula is C16H18N4O3. The minimum atomic E-state index is -0.417. The molecule has 0 bridgehead atoms. The molecule has 0 unspecified atom stereocenters. The van der Waals surface area contributed by atoms with E-state index in [4.69, 9.17) is 4.42 Å². The normalized spacial score (nSPS) is 16.1. The summed E-state index contributed by atoms with van der Waals surface area (Å²) in [4.78, 5) is 12.5. The molecule has 7 heteroatoms. The molecule has 1 aromatic heterocycles. The average Bonchev–Trinajstić information content (AvgIpc) is 3.03. The fraction of sp³-hybridized carbons (Fsp3) is 0.312. The first-order valence-corrected chi connectivity index (χ1v) is 7.44. The molecule has 0 spiro atoms. The number of benzene rings is 1. The van der Waals surface area contributed by atoms with Crippen LogP contribution in [-0.4, -0.2) is 54.3 Å². The molecule has 2 heterocycles. The highest BCUT2D eigenvalue weighted by molar-refractivity contribution is 5.77. The fourth-order valence-corrected chi connectivity index (χ4v) is 2.37. The Kier molecular flexibility index (Phi) is 4.38. The molecule has 3 rings (SSSR count). The maximum atomic E-state index is 10.7. The smallest absolute Gasteiger partial charge is 0.269 e. The minimum absolute atomic E-state index is 0.0668. The Morgan fingerprint density at radius 2 is 1.83 bits per heavy atom. The molecule has 0 radical (unpaired) electrons. The number of hydrogen-bond donors (Lipinski definition) is 0. The monoisotopic (exact) mass is 314 g/mol. The molecule has 1 fully saturated rings. The molecule has 2 aromatic rings. The highest BCUT2D eigenvalue weighted by Crippen LogP contribution is 2.24. The predicted octanol–water partition coefficient (Wildman–Crippen LogP) is 2.44. The quantitative estimate of drug-likeness (QED) is 0.492. The van der Waals surface area contributed by atoms with Crippen LogP contribution in [0.2, 0.25) is 0 Å². The van der Waals surface area contributed by atoms with Crippen molar-refractivity contribution in [2.24, 2.45) is 5.10 Å². The van der Waals surface area contributed by atoms with Gasteiger partial charge in [0.15, 0.2) is 0 Å². The standard InChI is InChI=1S/C16H18N4O3/c1-18-8-10-19(11-9-18)17-12-15-6-7-16(23-15)13-2-4-14(5-3-13)20(21)22/h2-7,12H,8-11H2,1H3. The number of furan rings is 1. The van der Waals surface area contributed by atoms with Crippen molar-refractivity contribution in [1.82, 2.24) is 9.91 Å². The summed E-state index contributed by atoms with van der Waals surface area (Å²) in [6.07, 6.45) is 1.71. The van der Waals surface area contributed by atoms with Crippen LogP contribution in [-0.2, 0) is 0 Å². The van der Waals surface area contributed by atoms with Crippen LogP contribution in [0.15, 0.2) is 45.9 Å². The third kappa shape index (κ3) is 3.75. The molecule has 1 aliphatic rings. The van der Waals surface area contributed by atoms with Gasteiger partial charge in [0.05, 0.1) is 11.1 Å². The highest BCUT2D eigenvalue weighted by atomic mass is 16.6. The molecule has 0 atom stereocenters. The maximum absolute atomic E-state index is 10.7. The van der Waals surface area contributed by atoms with Gasteiger partial charge in [0.2, 0.25) is 0 Å². The van der Waals surface area contributed by atoms with E-state index in [1.807, 2.05) is 17.1 Å². The Hall–Kier alpha value is -2.67. The van der Waals surface area contributed by atoms with E-state index in [-0.39, 0.29) is 5.69 Å². The zero-order valence-electron chi connectivity index (χ0n) is 12.9. The lowest BCUT2D eigenvalue weighted by atomic mass is 10.1. The van der Waals surface area contributed by atoms with Crippen molar-refractivity contribution >= 4 is 11.9 Å². The first-order chi connectivity index (χ1) is 11.1. The second-order valence-corrected chi connectivity index (χ2v) is 5.51. The van der Waals surface area contributed by atoms with Gasteiger partial charge in [-0.1, -0.05) is 0 Å². The van der Waals surface area contributed by atoms with Gasteiger partial charge in [0.25, 0.3) is 5.69 Å². The van der Waals surface area contributed by atoms with Crippen LogP contribution in [0.1, 0.15) is 5.76 Å². The number of nitro benzene ring substituents is 1. The van der Waals surface area contributed by atoms with Crippen LogP contribution in [0, 0.1) is 10.1 Å². The van der Waals surface area contributed by atoms with Gasteiger partial charge in [0, 0.05) is 43.9 Å². The van der Waals surface area contributed by atoms with Gasteiger partial charge < -0.3 is 9.32 Å². The Morgan fingerprint density at radius 1 is 1.13 bits per heavy atom. The number of non-ortho nitro benzene ring substituents is 1. The van der Waals surface area contributed by atoms with Crippen molar-refractivity contribution < 1.29 is 9.34 Å². The predicted molar refractivity (Wildman–Crippen MR) is 87.5 cm³/mol. The number of nitrogens with zero attached hydrogens (tertiary/aromatic N) is 4. The molecule has 7 nitrogen and oxygen atoms in total. The van der Waals surface area contributed by atoms with Gasteiger partial charge in [-0.2, -0.15) is 5.10 Å². The molecule has 1 saturated heterocycles. The van der Waals surface area contributed by atoms with E-state index in [2.05, 4.69) is 17.0 Å². The fourth-order valence-electron chi connectivity index (χ4n) is 2.37. The first-order valence-electron chi connectivity index (χ1n) is 7.44. The van der Waals surface area contributed by atoms with Crippen LogP contribution < -0.4 is 0 Å². The van der Waals surface area contributed by atoms with E-state index in [0.29, 0.717) is 11.5 Å². The number of hydrogen-bond acceptors (Lipinski definition) is 6. The van der Waals surface area contributed by atoms with Crippen LogP contribution >= 0.6 is 0 Å². The summed E-state index contributed by atoms with van der Waals surface area (Å²) in [6, 6.07) is 9.98. The zero-order chi connectivity index (χ0) is 16.2. The molecule has 0 amide bonds. The van der Waals surface area contributed by atoms with Crippen molar-refractivity contribution in [2.45, 2.75) is 0 Å². The van der Waals surface area contributed by atoms with Crippen LogP contribution in [0.4, 0.5) is 5.69 Å². The van der Waals surface area contributed by atoms with Gasteiger partial charge in [-0.15, -0.1) is 0 Å². The molecule has 0 N–H and O–H groups in total. The lowest BCUT2D eigenvalue weighted by molar-refractivity contribution is -0.384. The van der Waals surface area contributed by atoms with Crippen molar-refractivity contribution in [3.8, 4) is 11.3 Å². The Labute approximate surface area is 134 Å². The molecule has 120 valence electrons. The van der Waals surface area contributed by atoms with E-state index in [0.717, 1.165) is 31.7 Å². The van der Waals surface area contributed by atoms with Crippen LogP contribution in [0.25, 0.3) is 11.3 Å². The van der Waals surface area contributed by atoms with E-state index in [1.54, 1.807) is 18.3 Å². The summed E-state index contributed by atoms with van der Waals surface area (Å²) < 4.78 is 5.73. The molecule has 0 aliphatic carbocycles. The molecule has 23 heavy (non-hydrogen) atoms. The lowest BCUT2D eigenvalue weighted by Gasteiger charge is -2.30. The van der Waals surface area contributed by atoms with Crippen molar-refractivity contribution in [2.75, 3.05) is 33.2 Å². The average molecular weight is 314 g/mol. The summed E-state index contributed by atoms with van der Waals surface area (Å²) in [6.45, 7) is 3.82. The summed E-state index contributed by atoms with van der Waals surface area (Å²) >= 11 is 0. The van der Waals surface area contributed by atoms with Crippen molar-refractivity contribution in [1.29, 1.82) is 0 Å². The summed E-state index contributed by atoms with van der Waals surface area (Å²) in [5, 5.41) is 17.1. The number of rotatable bonds is 4. The first kappa shape index (κ1) is 15.2. The lowest BCUT2D eigenvalue weighted by Crippen LogP contribution is -2.41. The van der Waals surface area contributed by atoms with E-state index >= 15 is 0 Å². The Balaban J connectivity index is 1.66. The number of piperazine rings is 1. The zero-order valence-corrected chi connectivity index (χ0v) is 12.9. The Morgan fingerprint density at radius 3 is 2.48 bits per heavy atom. The minimum Gasteiger partial charge on any atom is -0.455 e. The van der Waals surface area contributed by atoms with Crippen molar-refractivity contribution in [3.05, 3.63) is 52.3 Å². The van der Waals surface area contributed by atoms with Gasteiger partial charge in [-0.05, 0) is 31.3 Å². The summed E-state index contributed by atoms with van der Waals surface area (Å²) in [7, 11) is 2.10. The third-order valence-electron chi connectivity index (χ3n) is 3.82. The second kappa shape index (κ2) is 6.62. The topological polar surface area (TPSA) is 75.1 Å². The Bertz CT molecular complexity index is 700. The van der Waals surface area contributed by atoms with Gasteiger partial charge in [-0.3, -0.25) is 15.1 Å². The van der Waals surface area contributed by atoms with Crippen LogP contribution in [0.5, 0.6) is 0 Å². The third-order valence-corrected chi connectivity index (χ3v) is 3.82. The highest BCUT2D eigenvalue weighted by Gasteiger charge is 2.11. The van der Waals surface area contributed by atoms with Gasteiger partial charge in [0.1, 0.15) is 11.5 Å². The number of nitro groups is 1. The van der Waals surface area contributed by atoms with Crippen LogP contribution in [0.3, 0.4) is 0 Å². The van der Waals surface area contributed by atoms with E-state index in [1.165, 1.54) is 12.1 Å². The van der Waals surface area contributed by atoms with E-state index in [9.17, 15) is 10.1 Å². The second-order valence-electron chi connectivity index (χ2n) is 5.51. The summed E-state index contributed by atoms with van der Waals surface area (Å²) in [5.41, 5.74) is 0.868. The molecule has 0 saturated carbocycles. The number of hydrazone groups is 1. The van der Waals surface area contributed by atoms with Gasteiger partial charge >= 0.3 is 0 Å². The van der Waals surface area contributed by atoms with Crippen molar-refractivity contribution in [3.63, 3.8) is 0 Å². The largest absolute Gasteiger partial charge is 0.455 e. The maximum Gasteiger partial charge on any atom is 0.269 e. The molecule has 1 aliphatic heterocycles. The number of likely N-dealkylation sites (N-methyl/N-ethyl adjacent to an activating group) is 1. The summed E-state index contributed by atoms with van der Waals surface area (Å²) in [5.74, 6) is 1.33. The van der Waals surface area contributed by atoms with E-state index < -0.39 is 4.92 Å².